The minimum Gasteiger partial charge on any atom is -0.309 e. The number of para-hydroxylation sites is 4. The zero-order valence-electron chi connectivity index (χ0n) is 25.7. The lowest BCUT2D eigenvalue weighted by molar-refractivity contribution is 1.01. The molecule has 0 amide bonds. The van der Waals surface area contributed by atoms with Crippen LogP contribution in [0.15, 0.2) is 158 Å². The highest BCUT2D eigenvalue weighted by Gasteiger charge is 2.20. The summed E-state index contributed by atoms with van der Waals surface area (Å²) in [6, 6.07) is 52.3. The molecule has 0 unspecified atom stereocenters. The van der Waals surface area contributed by atoms with Gasteiger partial charge < -0.3 is 4.57 Å². The van der Waals surface area contributed by atoms with Crippen molar-refractivity contribution < 1.29 is 0 Å². The number of benzene rings is 6. The fourth-order valence-electron chi connectivity index (χ4n) is 7.04. The molecule has 6 aromatic carbocycles. The lowest BCUT2D eigenvalue weighted by Crippen LogP contribution is -2.04. The molecule has 0 fully saturated rings. The fourth-order valence-corrected chi connectivity index (χ4v) is 7.04. The largest absolute Gasteiger partial charge is 0.309 e. The third-order valence-corrected chi connectivity index (χ3v) is 9.19. The molecule has 0 aliphatic carbocycles. The Balaban J connectivity index is 1.18. The maximum Gasteiger partial charge on any atom is 0.235 e. The number of nitrogens with zero attached hydrogens (tertiary/aromatic N) is 6. The Morgan fingerprint density at radius 2 is 1.06 bits per heavy atom. The lowest BCUT2D eigenvalue weighted by Gasteiger charge is -2.11. The SMILES string of the molecule is c1ccc(-c2nc(-n3c4ccccc4c4nc(-c5ccc6c(c5)c5ccccc5n6-c5ccccc5)ncc43)nc3ccccc23)cc1. The van der Waals surface area contributed by atoms with Gasteiger partial charge in [-0.25, -0.2) is 19.9 Å². The predicted molar refractivity (Wildman–Crippen MR) is 195 cm³/mol. The minimum atomic E-state index is 0.588. The summed E-state index contributed by atoms with van der Waals surface area (Å²) < 4.78 is 4.41. The van der Waals surface area contributed by atoms with Gasteiger partial charge in [-0.1, -0.05) is 103 Å². The Kier molecular flexibility index (Phi) is 5.77. The molecule has 6 nitrogen and oxygen atoms in total. The highest BCUT2D eigenvalue weighted by atomic mass is 15.2. The first-order chi connectivity index (χ1) is 23.8. The van der Waals surface area contributed by atoms with Crippen molar-refractivity contribution in [3.63, 3.8) is 0 Å². The summed E-state index contributed by atoms with van der Waals surface area (Å²) in [5.74, 6) is 1.26. The molecule has 48 heavy (non-hydrogen) atoms. The van der Waals surface area contributed by atoms with Gasteiger partial charge in [-0.2, -0.15) is 0 Å². The molecule has 6 heteroatoms. The van der Waals surface area contributed by atoms with Crippen molar-refractivity contribution in [2.45, 2.75) is 0 Å². The van der Waals surface area contributed by atoms with Crippen molar-refractivity contribution >= 4 is 54.6 Å². The molecule has 4 aromatic heterocycles. The van der Waals surface area contributed by atoms with Crippen LogP contribution in [0.3, 0.4) is 0 Å². The molecule has 0 saturated heterocycles. The summed E-state index contributed by atoms with van der Waals surface area (Å²) in [5, 5.41) is 4.39. The van der Waals surface area contributed by atoms with Crippen molar-refractivity contribution in [3.8, 4) is 34.3 Å². The molecule has 0 bridgehead atoms. The summed E-state index contributed by atoms with van der Waals surface area (Å²) in [4.78, 5) is 20.4. The average molecular weight is 615 g/mol. The van der Waals surface area contributed by atoms with Gasteiger partial charge in [0.25, 0.3) is 0 Å². The van der Waals surface area contributed by atoms with Gasteiger partial charge in [0, 0.05) is 38.4 Å². The maximum absolute atomic E-state index is 5.22. The molecule has 0 aliphatic rings. The number of fused-ring (bicyclic) bond motifs is 7. The first-order valence-electron chi connectivity index (χ1n) is 16.0. The fraction of sp³-hybridized carbons (Fsp3) is 0. The first kappa shape index (κ1) is 26.5. The number of rotatable bonds is 4. The summed E-state index contributed by atoms with van der Waals surface area (Å²) in [7, 11) is 0. The molecule has 0 spiro atoms. The Morgan fingerprint density at radius 3 is 1.88 bits per heavy atom. The van der Waals surface area contributed by atoms with Gasteiger partial charge in [0.1, 0.15) is 5.52 Å². The molecular weight excluding hydrogens is 589 g/mol. The first-order valence-corrected chi connectivity index (χ1v) is 16.0. The third kappa shape index (κ3) is 3.99. The van der Waals surface area contributed by atoms with Crippen LogP contribution >= 0.6 is 0 Å². The van der Waals surface area contributed by atoms with E-state index in [1.54, 1.807) is 0 Å². The summed E-state index contributed by atoms with van der Waals surface area (Å²) >= 11 is 0. The number of hydrogen-bond acceptors (Lipinski definition) is 4. The maximum atomic E-state index is 5.22. The van der Waals surface area contributed by atoms with E-state index >= 15 is 0 Å². The standard InChI is InChI=1S/C42H26N6/c1-3-13-27(14-4-1)39-31-18-7-10-20-34(31)44-42(46-39)48-36-22-12-9-19-32(36)40-38(48)26-43-41(45-40)28-23-24-37-33(25-28)30-17-8-11-21-35(30)47(37)29-15-5-2-6-16-29/h1-26H. The molecule has 0 saturated carbocycles. The van der Waals surface area contributed by atoms with Crippen LogP contribution in [0.4, 0.5) is 0 Å². The van der Waals surface area contributed by atoms with Gasteiger partial charge in [0.2, 0.25) is 5.95 Å². The monoisotopic (exact) mass is 614 g/mol. The summed E-state index contributed by atoms with van der Waals surface area (Å²) in [5.41, 5.74) is 9.92. The van der Waals surface area contributed by atoms with Crippen LogP contribution in [0.25, 0.3) is 88.9 Å². The second kappa shape index (κ2) is 10.4. The second-order valence-electron chi connectivity index (χ2n) is 12.0. The van der Waals surface area contributed by atoms with Crippen molar-refractivity contribution in [2.24, 2.45) is 0 Å². The topological polar surface area (TPSA) is 61.4 Å². The van der Waals surface area contributed by atoms with E-state index in [1.807, 2.05) is 54.7 Å². The lowest BCUT2D eigenvalue weighted by atomic mass is 10.1. The van der Waals surface area contributed by atoms with E-state index in [-0.39, 0.29) is 0 Å². The van der Waals surface area contributed by atoms with E-state index in [1.165, 1.54) is 10.9 Å². The number of aromatic nitrogens is 6. The van der Waals surface area contributed by atoms with E-state index in [0.29, 0.717) is 11.8 Å². The molecule has 10 aromatic rings. The second-order valence-corrected chi connectivity index (χ2v) is 12.0. The molecule has 0 radical (unpaired) electrons. The Labute approximate surface area is 275 Å². The molecule has 0 N–H and O–H groups in total. The number of hydrogen-bond donors (Lipinski definition) is 0. The van der Waals surface area contributed by atoms with Gasteiger partial charge in [0.05, 0.1) is 39.5 Å². The Bertz CT molecular complexity index is 2830. The van der Waals surface area contributed by atoms with Crippen LogP contribution in [0.2, 0.25) is 0 Å². The van der Waals surface area contributed by atoms with Crippen molar-refractivity contribution in [2.75, 3.05) is 0 Å². The van der Waals surface area contributed by atoms with Crippen LogP contribution < -0.4 is 0 Å². The zero-order chi connectivity index (χ0) is 31.6. The molecule has 10 rings (SSSR count). The molecule has 0 aliphatic heterocycles. The van der Waals surface area contributed by atoms with E-state index < -0.39 is 0 Å². The van der Waals surface area contributed by atoms with Crippen LogP contribution in [0, 0.1) is 0 Å². The van der Waals surface area contributed by atoms with Crippen LogP contribution in [0.1, 0.15) is 0 Å². The van der Waals surface area contributed by atoms with Crippen LogP contribution in [-0.2, 0) is 0 Å². The van der Waals surface area contributed by atoms with E-state index in [4.69, 9.17) is 19.9 Å². The normalized spacial score (nSPS) is 11.8. The summed E-state index contributed by atoms with van der Waals surface area (Å²) in [6.45, 7) is 0. The minimum absolute atomic E-state index is 0.588. The van der Waals surface area contributed by atoms with E-state index in [9.17, 15) is 0 Å². The van der Waals surface area contributed by atoms with Gasteiger partial charge in [-0.15, -0.1) is 0 Å². The van der Waals surface area contributed by atoms with Gasteiger partial charge in [-0.3, -0.25) is 4.57 Å². The molecule has 0 atom stereocenters. The Morgan fingerprint density at radius 1 is 0.417 bits per heavy atom. The molecule has 4 heterocycles. The Hall–Kier alpha value is -6.66. The molecule has 224 valence electrons. The van der Waals surface area contributed by atoms with E-state index in [2.05, 4.69) is 112 Å². The van der Waals surface area contributed by atoms with E-state index in [0.717, 1.165) is 66.3 Å². The van der Waals surface area contributed by atoms with Gasteiger partial charge in [0.15, 0.2) is 5.82 Å². The third-order valence-electron chi connectivity index (χ3n) is 9.19. The average Bonchev–Trinajstić information content (AvgIpc) is 3.67. The van der Waals surface area contributed by atoms with Crippen molar-refractivity contribution in [1.29, 1.82) is 0 Å². The highest BCUT2D eigenvalue weighted by Crippen LogP contribution is 2.36. The van der Waals surface area contributed by atoms with Gasteiger partial charge in [-0.05, 0) is 48.5 Å². The van der Waals surface area contributed by atoms with Crippen LogP contribution in [-0.4, -0.2) is 29.1 Å². The van der Waals surface area contributed by atoms with Crippen molar-refractivity contribution in [1.82, 2.24) is 29.1 Å². The van der Waals surface area contributed by atoms with Crippen LogP contribution in [0.5, 0.6) is 0 Å². The highest BCUT2D eigenvalue weighted by molar-refractivity contribution is 6.11. The zero-order valence-corrected chi connectivity index (χ0v) is 25.7. The molecular formula is C42H26N6. The summed E-state index contributed by atoms with van der Waals surface area (Å²) in [6.07, 6.45) is 1.91. The smallest absolute Gasteiger partial charge is 0.235 e. The van der Waals surface area contributed by atoms with Crippen molar-refractivity contribution in [3.05, 3.63) is 158 Å². The quantitative estimate of drug-likeness (QED) is 0.198. The predicted octanol–water partition coefficient (Wildman–Crippen LogP) is 9.95. The van der Waals surface area contributed by atoms with Gasteiger partial charge >= 0.3 is 0 Å².